The normalized spacial score (nSPS) is 15.1. The van der Waals surface area contributed by atoms with Gasteiger partial charge in [-0.15, -0.1) is 0 Å². The fourth-order valence-electron chi connectivity index (χ4n) is 4.13. The van der Waals surface area contributed by atoms with Crippen LogP contribution in [0.15, 0.2) is 53.7 Å². The van der Waals surface area contributed by atoms with Gasteiger partial charge in [0.25, 0.3) is 0 Å². The smallest absolute Gasteiger partial charge is 0.338 e. The van der Waals surface area contributed by atoms with Crippen molar-refractivity contribution in [3.63, 3.8) is 0 Å². The lowest BCUT2D eigenvalue weighted by molar-refractivity contribution is -0.140. The van der Waals surface area contributed by atoms with E-state index >= 15 is 0 Å². The van der Waals surface area contributed by atoms with Crippen molar-refractivity contribution < 1.29 is 23.7 Å². The van der Waals surface area contributed by atoms with Gasteiger partial charge in [0, 0.05) is 12.8 Å². The van der Waals surface area contributed by atoms with Gasteiger partial charge in [0.05, 0.1) is 42.5 Å². The molecule has 0 aliphatic carbocycles. The van der Waals surface area contributed by atoms with Gasteiger partial charge < -0.3 is 24.3 Å². The van der Waals surface area contributed by atoms with Crippen LogP contribution in [0.4, 0.5) is 5.95 Å². The van der Waals surface area contributed by atoms with E-state index in [2.05, 4.69) is 12.2 Å². The SMILES string of the molecule is CCCOc1ccc([C@H]2C(C(=O)OCCOC)=C(C)Nc3nc4ccccc4n32)cc1OCC. The monoisotopic (exact) mass is 465 g/mol. The summed E-state index contributed by atoms with van der Waals surface area (Å²) in [4.78, 5) is 18.0. The molecule has 1 aliphatic heterocycles. The minimum Gasteiger partial charge on any atom is -0.490 e. The van der Waals surface area contributed by atoms with Crippen molar-refractivity contribution in [3.8, 4) is 11.5 Å². The topological polar surface area (TPSA) is 83.8 Å². The Labute approximate surface area is 199 Å². The molecule has 1 aromatic heterocycles. The summed E-state index contributed by atoms with van der Waals surface area (Å²) in [6.07, 6.45) is 0.894. The Morgan fingerprint density at radius 2 is 1.88 bits per heavy atom. The van der Waals surface area contributed by atoms with Crippen molar-refractivity contribution in [2.24, 2.45) is 0 Å². The van der Waals surface area contributed by atoms with Crippen molar-refractivity contribution in [2.75, 3.05) is 38.9 Å². The maximum Gasteiger partial charge on any atom is 0.338 e. The van der Waals surface area contributed by atoms with E-state index in [1.54, 1.807) is 7.11 Å². The maximum absolute atomic E-state index is 13.3. The first-order valence-electron chi connectivity index (χ1n) is 11.6. The number of aromatic nitrogens is 2. The predicted molar refractivity (Wildman–Crippen MR) is 130 cm³/mol. The first-order valence-corrected chi connectivity index (χ1v) is 11.6. The Morgan fingerprint density at radius 1 is 1.06 bits per heavy atom. The molecule has 1 atom stereocenters. The number of ether oxygens (including phenoxy) is 4. The summed E-state index contributed by atoms with van der Waals surface area (Å²) >= 11 is 0. The zero-order valence-corrected chi connectivity index (χ0v) is 20.1. The summed E-state index contributed by atoms with van der Waals surface area (Å²) in [6, 6.07) is 13.2. The van der Waals surface area contributed by atoms with Crippen LogP contribution in [-0.2, 0) is 14.3 Å². The van der Waals surface area contributed by atoms with Gasteiger partial charge in [0.2, 0.25) is 5.95 Å². The van der Waals surface area contributed by atoms with Crippen molar-refractivity contribution in [1.82, 2.24) is 9.55 Å². The molecule has 0 saturated carbocycles. The molecular formula is C26H31N3O5. The molecule has 180 valence electrons. The minimum atomic E-state index is -0.460. The number of nitrogens with zero attached hydrogens (tertiary/aromatic N) is 2. The van der Waals surface area contributed by atoms with E-state index in [1.165, 1.54) is 0 Å². The zero-order chi connectivity index (χ0) is 24.1. The van der Waals surface area contributed by atoms with Gasteiger partial charge >= 0.3 is 5.97 Å². The zero-order valence-electron chi connectivity index (χ0n) is 20.1. The first kappa shape index (κ1) is 23.6. The van der Waals surface area contributed by atoms with Crippen LogP contribution in [-0.4, -0.2) is 49.1 Å². The molecule has 0 bridgehead atoms. The largest absolute Gasteiger partial charge is 0.490 e. The highest BCUT2D eigenvalue weighted by atomic mass is 16.6. The van der Waals surface area contributed by atoms with Crippen LogP contribution in [0.1, 0.15) is 38.8 Å². The third-order valence-corrected chi connectivity index (χ3v) is 5.62. The van der Waals surface area contributed by atoms with Gasteiger partial charge in [-0.1, -0.05) is 25.1 Å². The third-order valence-electron chi connectivity index (χ3n) is 5.62. The molecule has 2 aromatic carbocycles. The summed E-state index contributed by atoms with van der Waals surface area (Å²) < 4.78 is 24.4. The Morgan fingerprint density at radius 3 is 2.65 bits per heavy atom. The molecule has 1 aliphatic rings. The van der Waals surface area contributed by atoms with Crippen molar-refractivity contribution in [1.29, 1.82) is 0 Å². The Hall–Kier alpha value is -3.52. The molecule has 0 saturated heterocycles. The molecule has 4 rings (SSSR count). The highest BCUT2D eigenvalue weighted by molar-refractivity contribution is 5.94. The minimum absolute atomic E-state index is 0.171. The molecule has 0 fully saturated rings. The van der Waals surface area contributed by atoms with Crippen LogP contribution in [0.5, 0.6) is 11.5 Å². The van der Waals surface area contributed by atoms with E-state index in [-0.39, 0.29) is 6.61 Å². The Kier molecular flexibility index (Phi) is 7.37. The second-order valence-corrected chi connectivity index (χ2v) is 7.98. The van der Waals surface area contributed by atoms with Gasteiger partial charge in [0.15, 0.2) is 11.5 Å². The second-order valence-electron chi connectivity index (χ2n) is 7.98. The molecule has 34 heavy (non-hydrogen) atoms. The third kappa shape index (κ3) is 4.59. The summed E-state index contributed by atoms with van der Waals surface area (Å²) in [6.45, 7) is 7.45. The van der Waals surface area contributed by atoms with Crippen LogP contribution >= 0.6 is 0 Å². The van der Waals surface area contributed by atoms with Gasteiger partial charge in [-0.2, -0.15) is 0 Å². The molecule has 3 aromatic rings. The van der Waals surface area contributed by atoms with Crippen LogP contribution in [0.3, 0.4) is 0 Å². The van der Waals surface area contributed by atoms with Gasteiger partial charge in [-0.25, -0.2) is 9.78 Å². The van der Waals surface area contributed by atoms with Gasteiger partial charge in [-0.3, -0.25) is 4.57 Å². The summed E-state index contributed by atoms with van der Waals surface area (Å²) in [7, 11) is 1.57. The number of hydrogen-bond acceptors (Lipinski definition) is 7. The standard InChI is InChI=1S/C26H31N3O5/c1-5-13-33-21-12-11-18(16-22(21)32-6-2)24-23(25(30)34-15-14-31-4)17(3)27-26-28-19-9-7-8-10-20(19)29(24)26/h7-12,16,24H,5-6,13-15H2,1-4H3,(H,27,28)/t24-/m0/s1. The number of anilines is 1. The average molecular weight is 466 g/mol. The Balaban J connectivity index is 1.85. The molecule has 0 radical (unpaired) electrons. The molecular weight excluding hydrogens is 434 g/mol. The van der Waals surface area contributed by atoms with E-state index in [0.29, 0.717) is 48.5 Å². The van der Waals surface area contributed by atoms with Gasteiger partial charge in [-0.05, 0) is 50.1 Å². The number of carbonyl (C=O) groups excluding carboxylic acids is 1. The highest BCUT2D eigenvalue weighted by Crippen LogP contribution is 2.42. The molecule has 1 N–H and O–H groups in total. The highest BCUT2D eigenvalue weighted by Gasteiger charge is 2.35. The fourth-order valence-corrected chi connectivity index (χ4v) is 4.13. The van der Waals surface area contributed by atoms with Gasteiger partial charge in [0.1, 0.15) is 6.61 Å². The number of nitrogens with one attached hydrogen (secondary N) is 1. The summed E-state index contributed by atoms with van der Waals surface area (Å²) in [5.74, 6) is 1.59. The maximum atomic E-state index is 13.3. The second kappa shape index (κ2) is 10.6. The molecule has 8 heteroatoms. The van der Waals surface area contributed by atoms with Crippen LogP contribution in [0, 0.1) is 0 Å². The fraction of sp³-hybridized carbons (Fsp3) is 0.385. The molecule has 0 spiro atoms. The molecule has 2 heterocycles. The molecule has 0 amide bonds. The molecule has 0 unspecified atom stereocenters. The van der Waals surface area contributed by atoms with E-state index in [1.807, 2.05) is 60.9 Å². The van der Waals surface area contributed by atoms with E-state index in [0.717, 1.165) is 23.0 Å². The number of carbonyl (C=O) groups is 1. The van der Waals surface area contributed by atoms with Crippen molar-refractivity contribution in [3.05, 3.63) is 59.3 Å². The number of hydrogen-bond donors (Lipinski definition) is 1. The van der Waals surface area contributed by atoms with Crippen molar-refractivity contribution >= 4 is 23.0 Å². The van der Waals surface area contributed by atoms with Crippen LogP contribution in [0.25, 0.3) is 11.0 Å². The summed E-state index contributed by atoms with van der Waals surface area (Å²) in [5, 5.41) is 3.29. The lowest BCUT2D eigenvalue weighted by Gasteiger charge is -2.30. The Bertz CT molecular complexity index is 1200. The van der Waals surface area contributed by atoms with Crippen LogP contribution < -0.4 is 14.8 Å². The number of benzene rings is 2. The number of imidazole rings is 1. The first-order chi connectivity index (χ1) is 16.6. The number of allylic oxidation sites excluding steroid dienone is 1. The predicted octanol–water partition coefficient (Wildman–Crippen LogP) is 4.70. The lowest BCUT2D eigenvalue weighted by atomic mass is 9.94. The van der Waals surface area contributed by atoms with E-state index in [9.17, 15) is 4.79 Å². The molecule has 8 nitrogen and oxygen atoms in total. The number of para-hydroxylation sites is 2. The summed E-state index contributed by atoms with van der Waals surface area (Å²) in [5.41, 5.74) is 3.82. The quantitative estimate of drug-likeness (QED) is 0.343. The van der Waals surface area contributed by atoms with Crippen molar-refractivity contribution in [2.45, 2.75) is 33.2 Å². The van der Waals surface area contributed by atoms with E-state index < -0.39 is 12.0 Å². The number of methoxy groups -OCH3 is 1. The average Bonchev–Trinajstić information content (AvgIpc) is 3.20. The lowest BCUT2D eigenvalue weighted by Crippen LogP contribution is -2.29. The number of fused-ring (bicyclic) bond motifs is 3. The number of rotatable bonds is 10. The number of esters is 1. The van der Waals surface area contributed by atoms with Crippen LogP contribution in [0.2, 0.25) is 0 Å². The van der Waals surface area contributed by atoms with E-state index in [4.69, 9.17) is 23.9 Å².